The topological polar surface area (TPSA) is 92.5 Å². The van der Waals surface area contributed by atoms with E-state index in [1.54, 1.807) is 0 Å². The van der Waals surface area contributed by atoms with Crippen LogP contribution in [0.4, 0.5) is 0 Å². The minimum atomic E-state index is -0.951. The van der Waals surface area contributed by atoms with E-state index in [2.05, 4.69) is 11.9 Å². The number of amides is 3. The van der Waals surface area contributed by atoms with Crippen molar-refractivity contribution in [1.82, 2.24) is 10.2 Å². The number of likely N-dealkylation sites (N-methyl/N-ethyl adjacent to an activating group) is 1. The molecule has 3 N–H and O–H groups in total. The van der Waals surface area contributed by atoms with Gasteiger partial charge >= 0.3 is 0 Å². The summed E-state index contributed by atoms with van der Waals surface area (Å²) >= 11 is 0. The van der Waals surface area contributed by atoms with Crippen molar-refractivity contribution in [2.75, 3.05) is 13.6 Å². The van der Waals surface area contributed by atoms with Gasteiger partial charge in [-0.15, -0.1) is 0 Å². The van der Waals surface area contributed by atoms with Crippen LogP contribution in [-0.2, 0) is 14.4 Å². The van der Waals surface area contributed by atoms with Crippen LogP contribution in [0.2, 0.25) is 0 Å². The SMILES string of the molecule is C=CC(=O)N(C)CC(=O)NC1(C(N)=O)CCCCC1. The van der Waals surface area contributed by atoms with E-state index in [1.807, 2.05) is 0 Å². The molecule has 0 atom stereocenters. The van der Waals surface area contributed by atoms with Crippen LogP contribution >= 0.6 is 0 Å². The van der Waals surface area contributed by atoms with Crippen LogP contribution in [-0.4, -0.2) is 41.8 Å². The highest BCUT2D eigenvalue weighted by molar-refractivity contribution is 5.94. The second kappa shape index (κ2) is 6.36. The molecule has 0 aliphatic heterocycles. The zero-order valence-corrected chi connectivity index (χ0v) is 11.3. The first-order chi connectivity index (χ1) is 8.91. The Bertz CT molecular complexity index is 387. The Labute approximate surface area is 113 Å². The highest BCUT2D eigenvalue weighted by Gasteiger charge is 2.39. The molecule has 0 radical (unpaired) electrons. The number of rotatable bonds is 5. The molecule has 3 amide bonds. The van der Waals surface area contributed by atoms with Crippen molar-refractivity contribution in [3.63, 3.8) is 0 Å². The number of nitrogens with two attached hydrogens (primary N) is 1. The van der Waals surface area contributed by atoms with E-state index in [9.17, 15) is 14.4 Å². The highest BCUT2D eigenvalue weighted by atomic mass is 16.2. The van der Waals surface area contributed by atoms with Crippen LogP contribution in [0.1, 0.15) is 32.1 Å². The van der Waals surface area contributed by atoms with Crippen LogP contribution < -0.4 is 11.1 Å². The third-order valence-corrected chi connectivity index (χ3v) is 3.49. The lowest BCUT2D eigenvalue weighted by Crippen LogP contribution is -2.59. The number of nitrogens with one attached hydrogen (secondary N) is 1. The number of carbonyl (C=O) groups is 3. The van der Waals surface area contributed by atoms with Crippen molar-refractivity contribution < 1.29 is 14.4 Å². The lowest BCUT2D eigenvalue weighted by Gasteiger charge is -2.35. The summed E-state index contributed by atoms with van der Waals surface area (Å²) in [5.74, 6) is -1.22. The van der Waals surface area contributed by atoms with Crippen molar-refractivity contribution in [2.45, 2.75) is 37.6 Å². The van der Waals surface area contributed by atoms with Crippen LogP contribution in [0, 0.1) is 0 Å². The van der Waals surface area contributed by atoms with E-state index < -0.39 is 11.4 Å². The molecule has 0 spiro atoms. The Morgan fingerprint density at radius 1 is 1.32 bits per heavy atom. The largest absolute Gasteiger partial charge is 0.368 e. The normalized spacial score (nSPS) is 17.3. The van der Waals surface area contributed by atoms with Gasteiger partial charge in [0.25, 0.3) is 0 Å². The van der Waals surface area contributed by atoms with Crippen molar-refractivity contribution in [3.05, 3.63) is 12.7 Å². The van der Waals surface area contributed by atoms with E-state index in [0.29, 0.717) is 12.8 Å². The van der Waals surface area contributed by atoms with Crippen molar-refractivity contribution >= 4 is 17.7 Å². The molecule has 6 nitrogen and oxygen atoms in total. The molecular weight excluding hydrogens is 246 g/mol. The zero-order valence-electron chi connectivity index (χ0n) is 11.3. The molecule has 0 aromatic heterocycles. The van der Waals surface area contributed by atoms with Gasteiger partial charge in [-0.2, -0.15) is 0 Å². The predicted molar refractivity (Wildman–Crippen MR) is 71.0 cm³/mol. The summed E-state index contributed by atoms with van der Waals surface area (Å²) in [6.07, 6.45) is 5.03. The molecule has 0 unspecified atom stereocenters. The van der Waals surface area contributed by atoms with Crippen molar-refractivity contribution in [1.29, 1.82) is 0 Å². The Hall–Kier alpha value is -1.85. The molecule has 6 heteroatoms. The number of nitrogens with zero attached hydrogens (tertiary/aromatic N) is 1. The molecule has 19 heavy (non-hydrogen) atoms. The van der Waals surface area contributed by atoms with Gasteiger partial charge in [-0.3, -0.25) is 14.4 Å². The molecule has 0 saturated heterocycles. The first-order valence-corrected chi connectivity index (χ1v) is 6.40. The second-order valence-corrected chi connectivity index (χ2v) is 4.95. The molecule has 1 saturated carbocycles. The van der Waals surface area contributed by atoms with E-state index in [0.717, 1.165) is 25.3 Å². The van der Waals surface area contributed by atoms with Crippen molar-refractivity contribution in [3.8, 4) is 0 Å². The number of hydrogen-bond acceptors (Lipinski definition) is 3. The van der Waals surface area contributed by atoms with Gasteiger partial charge < -0.3 is 16.0 Å². The average molecular weight is 267 g/mol. The van der Waals surface area contributed by atoms with Crippen LogP contribution in [0.25, 0.3) is 0 Å². The zero-order chi connectivity index (χ0) is 14.5. The fraction of sp³-hybridized carbons (Fsp3) is 0.615. The third-order valence-electron chi connectivity index (χ3n) is 3.49. The average Bonchev–Trinajstić information content (AvgIpc) is 2.38. The Balaban J connectivity index is 2.64. The first-order valence-electron chi connectivity index (χ1n) is 6.40. The molecule has 0 aromatic rings. The molecular formula is C13H21N3O3. The predicted octanol–water partition coefficient (Wildman–Crippen LogP) is -0.0648. The van der Waals surface area contributed by atoms with Crippen LogP contribution in [0.3, 0.4) is 0 Å². The summed E-state index contributed by atoms with van der Waals surface area (Å²) < 4.78 is 0. The van der Waals surface area contributed by atoms with Gasteiger partial charge in [0.2, 0.25) is 17.7 Å². The summed E-state index contributed by atoms with van der Waals surface area (Å²) in [4.78, 5) is 36.0. The molecule has 0 bridgehead atoms. The van der Waals surface area contributed by atoms with Gasteiger partial charge in [-0.05, 0) is 18.9 Å². The first kappa shape index (κ1) is 15.2. The lowest BCUT2D eigenvalue weighted by atomic mass is 9.81. The highest BCUT2D eigenvalue weighted by Crippen LogP contribution is 2.27. The van der Waals surface area contributed by atoms with Gasteiger partial charge in [0.1, 0.15) is 5.54 Å². The molecule has 1 rings (SSSR count). The minimum absolute atomic E-state index is 0.111. The maximum Gasteiger partial charge on any atom is 0.246 e. The molecule has 0 aromatic carbocycles. The monoisotopic (exact) mass is 267 g/mol. The molecule has 1 aliphatic rings. The third kappa shape index (κ3) is 3.81. The van der Waals surface area contributed by atoms with Crippen LogP contribution in [0.15, 0.2) is 12.7 Å². The molecule has 106 valence electrons. The summed E-state index contributed by atoms with van der Waals surface area (Å²) in [6, 6.07) is 0. The van der Waals surface area contributed by atoms with Crippen molar-refractivity contribution in [2.24, 2.45) is 5.73 Å². The van der Waals surface area contributed by atoms with Gasteiger partial charge in [-0.25, -0.2) is 0 Å². The van der Waals surface area contributed by atoms with E-state index >= 15 is 0 Å². The Morgan fingerprint density at radius 3 is 2.37 bits per heavy atom. The van der Waals surface area contributed by atoms with E-state index in [4.69, 9.17) is 5.73 Å². The smallest absolute Gasteiger partial charge is 0.246 e. The number of primary amides is 1. The summed E-state index contributed by atoms with van der Waals surface area (Å²) in [5.41, 5.74) is 4.47. The standard InChI is InChI=1S/C13H21N3O3/c1-3-11(18)16(2)9-10(17)15-13(12(14)19)7-5-4-6-8-13/h3H,1,4-9H2,2H3,(H2,14,19)(H,15,17). The second-order valence-electron chi connectivity index (χ2n) is 4.95. The fourth-order valence-corrected chi connectivity index (χ4v) is 2.34. The maximum atomic E-state index is 11.9. The van der Waals surface area contributed by atoms with E-state index in [1.165, 1.54) is 11.9 Å². The summed E-state index contributed by atoms with van der Waals surface area (Å²) in [6.45, 7) is 3.24. The Kier molecular flexibility index (Phi) is 5.09. The van der Waals surface area contributed by atoms with Crippen LogP contribution in [0.5, 0.6) is 0 Å². The quantitative estimate of drug-likeness (QED) is 0.683. The lowest BCUT2D eigenvalue weighted by molar-refractivity contribution is -0.135. The number of carbonyl (C=O) groups excluding carboxylic acids is 3. The molecule has 1 aliphatic carbocycles. The van der Waals surface area contributed by atoms with Gasteiger partial charge in [0.05, 0.1) is 6.54 Å². The molecule has 1 fully saturated rings. The van der Waals surface area contributed by atoms with Gasteiger partial charge in [0.15, 0.2) is 0 Å². The summed E-state index contributed by atoms with van der Waals surface area (Å²) in [5, 5.41) is 2.70. The van der Waals surface area contributed by atoms with Gasteiger partial charge in [-0.1, -0.05) is 25.8 Å². The molecule has 0 heterocycles. The number of hydrogen-bond donors (Lipinski definition) is 2. The minimum Gasteiger partial charge on any atom is -0.368 e. The fourth-order valence-electron chi connectivity index (χ4n) is 2.34. The summed E-state index contributed by atoms with van der Waals surface area (Å²) in [7, 11) is 1.50. The van der Waals surface area contributed by atoms with E-state index in [-0.39, 0.29) is 18.4 Å². The maximum absolute atomic E-state index is 11.9. The Morgan fingerprint density at radius 2 is 1.89 bits per heavy atom. The van der Waals surface area contributed by atoms with Gasteiger partial charge in [0, 0.05) is 7.05 Å².